The van der Waals surface area contributed by atoms with Gasteiger partial charge < -0.3 is 10.0 Å². The van der Waals surface area contributed by atoms with E-state index in [0.29, 0.717) is 18.7 Å². The molecule has 4 heteroatoms. The van der Waals surface area contributed by atoms with Gasteiger partial charge in [0, 0.05) is 13.1 Å². The summed E-state index contributed by atoms with van der Waals surface area (Å²) in [5.41, 5.74) is 1.57. The van der Waals surface area contributed by atoms with E-state index < -0.39 is 11.9 Å². The maximum atomic E-state index is 10.7. The summed E-state index contributed by atoms with van der Waals surface area (Å²) in [5.74, 6) is -1.21. The van der Waals surface area contributed by atoms with Crippen LogP contribution in [0.15, 0.2) is 24.3 Å². The van der Waals surface area contributed by atoms with Gasteiger partial charge in [0.05, 0.1) is 17.6 Å². The van der Waals surface area contributed by atoms with Gasteiger partial charge in [0.25, 0.3) is 0 Å². The van der Waals surface area contributed by atoms with Gasteiger partial charge in [-0.05, 0) is 18.7 Å². The first-order valence-corrected chi connectivity index (χ1v) is 5.44. The van der Waals surface area contributed by atoms with Gasteiger partial charge in [0.2, 0.25) is 0 Å². The van der Waals surface area contributed by atoms with E-state index >= 15 is 0 Å². The van der Waals surface area contributed by atoms with Gasteiger partial charge in [-0.15, -0.1) is 0 Å². The monoisotopic (exact) mass is 232 g/mol. The first kappa shape index (κ1) is 13.2. The third-order valence-corrected chi connectivity index (χ3v) is 2.59. The summed E-state index contributed by atoms with van der Waals surface area (Å²) in [6.45, 7) is 2.73. The zero-order chi connectivity index (χ0) is 12.8. The van der Waals surface area contributed by atoms with E-state index in [0.717, 1.165) is 5.56 Å². The lowest BCUT2D eigenvalue weighted by molar-refractivity contribution is -0.141. The van der Waals surface area contributed by atoms with E-state index in [1.165, 1.54) is 0 Å². The predicted molar refractivity (Wildman–Crippen MR) is 64.3 cm³/mol. The van der Waals surface area contributed by atoms with Crippen LogP contribution in [-0.2, 0) is 11.3 Å². The number of nitrogens with zero attached hydrogens (tertiary/aromatic N) is 2. The molecule has 0 aliphatic heterocycles. The van der Waals surface area contributed by atoms with E-state index in [4.69, 9.17) is 10.4 Å². The standard InChI is InChI=1S/C13H16N2O2/c1-10(13(16)17)8-15(2)9-12-6-4-3-5-11(12)7-14/h3-6,10H,8-9H2,1-2H3,(H,16,17). The highest BCUT2D eigenvalue weighted by Gasteiger charge is 2.14. The number of hydrogen-bond donors (Lipinski definition) is 1. The van der Waals surface area contributed by atoms with Gasteiger partial charge in [-0.2, -0.15) is 5.26 Å². The molecule has 0 fully saturated rings. The molecule has 0 aromatic heterocycles. The minimum absolute atomic E-state index is 0.408. The van der Waals surface area contributed by atoms with Gasteiger partial charge in [-0.25, -0.2) is 0 Å². The normalized spacial score (nSPS) is 12.1. The van der Waals surface area contributed by atoms with Crippen molar-refractivity contribution in [2.45, 2.75) is 13.5 Å². The maximum absolute atomic E-state index is 10.7. The molecule has 0 aliphatic rings. The molecule has 0 bridgehead atoms. The van der Waals surface area contributed by atoms with Gasteiger partial charge >= 0.3 is 5.97 Å². The lowest BCUT2D eigenvalue weighted by Gasteiger charge is -2.19. The van der Waals surface area contributed by atoms with Crippen LogP contribution in [0.4, 0.5) is 0 Å². The summed E-state index contributed by atoms with van der Waals surface area (Å²) in [4.78, 5) is 12.6. The first-order chi connectivity index (χ1) is 8.04. The molecule has 0 saturated heterocycles. The van der Waals surface area contributed by atoms with Crippen LogP contribution in [0.1, 0.15) is 18.1 Å². The lowest BCUT2D eigenvalue weighted by Crippen LogP contribution is -2.28. The Balaban J connectivity index is 2.65. The average molecular weight is 232 g/mol. The van der Waals surface area contributed by atoms with E-state index in [2.05, 4.69) is 6.07 Å². The second-order valence-corrected chi connectivity index (χ2v) is 4.20. The summed E-state index contributed by atoms with van der Waals surface area (Å²) in [7, 11) is 1.85. The molecule has 1 aromatic rings. The highest BCUT2D eigenvalue weighted by atomic mass is 16.4. The second kappa shape index (κ2) is 6.02. The van der Waals surface area contributed by atoms with Crippen LogP contribution in [0.3, 0.4) is 0 Å². The van der Waals surface area contributed by atoms with Crippen LogP contribution >= 0.6 is 0 Å². The Morgan fingerprint density at radius 2 is 2.18 bits per heavy atom. The SMILES string of the molecule is CC(CN(C)Cc1ccccc1C#N)C(=O)O. The molecule has 4 nitrogen and oxygen atoms in total. The topological polar surface area (TPSA) is 64.3 Å². The first-order valence-electron chi connectivity index (χ1n) is 5.44. The summed E-state index contributed by atoms with van der Waals surface area (Å²) in [6.07, 6.45) is 0. The summed E-state index contributed by atoms with van der Waals surface area (Å²) < 4.78 is 0. The molecular weight excluding hydrogens is 216 g/mol. The van der Waals surface area contributed by atoms with E-state index in [-0.39, 0.29) is 0 Å². The quantitative estimate of drug-likeness (QED) is 0.839. The van der Waals surface area contributed by atoms with Crippen molar-refractivity contribution in [2.24, 2.45) is 5.92 Å². The van der Waals surface area contributed by atoms with Gasteiger partial charge in [0.15, 0.2) is 0 Å². The molecule has 0 aliphatic carbocycles. The minimum atomic E-state index is -0.801. The number of carboxylic acids is 1. The third kappa shape index (κ3) is 3.89. The fourth-order valence-corrected chi connectivity index (χ4v) is 1.67. The fourth-order valence-electron chi connectivity index (χ4n) is 1.67. The van der Waals surface area contributed by atoms with Crippen molar-refractivity contribution < 1.29 is 9.90 Å². The predicted octanol–water partition coefficient (Wildman–Crippen LogP) is 1.71. The van der Waals surface area contributed by atoms with Crippen molar-refractivity contribution in [3.63, 3.8) is 0 Å². The molecule has 0 amide bonds. The van der Waals surface area contributed by atoms with Crippen LogP contribution in [0.5, 0.6) is 0 Å². The van der Waals surface area contributed by atoms with Crippen LogP contribution in [-0.4, -0.2) is 29.6 Å². The molecule has 1 rings (SSSR count). The van der Waals surface area contributed by atoms with Crippen LogP contribution in [0.25, 0.3) is 0 Å². The third-order valence-electron chi connectivity index (χ3n) is 2.59. The van der Waals surface area contributed by atoms with Gasteiger partial charge in [0.1, 0.15) is 0 Å². The number of rotatable bonds is 5. The van der Waals surface area contributed by atoms with Crippen molar-refractivity contribution in [1.82, 2.24) is 4.90 Å². The van der Waals surface area contributed by atoms with Crippen molar-refractivity contribution in [2.75, 3.05) is 13.6 Å². The van der Waals surface area contributed by atoms with Crippen molar-refractivity contribution in [3.05, 3.63) is 35.4 Å². The Bertz CT molecular complexity index is 437. The molecule has 1 aromatic carbocycles. The van der Waals surface area contributed by atoms with Crippen molar-refractivity contribution in [1.29, 1.82) is 5.26 Å². The van der Waals surface area contributed by atoms with Crippen LogP contribution < -0.4 is 0 Å². The number of hydrogen-bond acceptors (Lipinski definition) is 3. The molecule has 0 heterocycles. The molecule has 0 spiro atoms. The molecule has 1 unspecified atom stereocenters. The van der Waals surface area contributed by atoms with Crippen molar-refractivity contribution in [3.8, 4) is 6.07 Å². The molecule has 0 saturated carbocycles. The Labute approximate surface area is 101 Å². The van der Waals surface area contributed by atoms with Crippen LogP contribution in [0, 0.1) is 17.2 Å². The van der Waals surface area contributed by atoms with Gasteiger partial charge in [-0.3, -0.25) is 4.79 Å². The number of carbonyl (C=O) groups is 1. The second-order valence-electron chi connectivity index (χ2n) is 4.20. The Kier molecular flexibility index (Phi) is 4.68. The summed E-state index contributed by atoms with van der Waals surface area (Å²) in [5, 5.41) is 17.8. The number of aliphatic carboxylic acids is 1. The molecule has 1 N–H and O–H groups in total. The zero-order valence-corrected chi connectivity index (χ0v) is 10.1. The summed E-state index contributed by atoms with van der Waals surface area (Å²) in [6, 6.07) is 9.49. The number of nitriles is 1. The van der Waals surface area contributed by atoms with Gasteiger partial charge in [-0.1, -0.05) is 25.1 Å². The molecular formula is C13H16N2O2. The molecule has 17 heavy (non-hydrogen) atoms. The maximum Gasteiger partial charge on any atom is 0.307 e. The zero-order valence-electron chi connectivity index (χ0n) is 10.1. The minimum Gasteiger partial charge on any atom is -0.481 e. The van der Waals surface area contributed by atoms with E-state index in [9.17, 15) is 4.79 Å². The number of carboxylic acid groups (broad SMARTS) is 1. The Hall–Kier alpha value is -1.86. The summed E-state index contributed by atoms with van der Waals surface area (Å²) >= 11 is 0. The Morgan fingerprint density at radius 3 is 2.76 bits per heavy atom. The smallest absolute Gasteiger partial charge is 0.307 e. The van der Waals surface area contributed by atoms with Crippen LogP contribution in [0.2, 0.25) is 0 Å². The van der Waals surface area contributed by atoms with E-state index in [1.54, 1.807) is 13.0 Å². The largest absolute Gasteiger partial charge is 0.481 e. The van der Waals surface area contributed by atoms with Crippen molar-refractivity contribution >= 4 is 5.97 Å². The Morgan fingerprint density at radius 1 is 1.53 bits per heavy atom. The molecule has 0 radical (unpaired) electrons. The fraction of sp³-hybridized carbons (Fsp3) is 0.385. The highest BCUT2D eigenvalue weighted by molar-refractivity contribution is 5.69. The lowest BCUT2D eigenvalue weighted by atomic mass is 10.1. The highest BCUT2D eigenvalue weighted by Crippen LogP contribution is 2.10. The number of benzene rings is 1. The van der Waals surface area contributed by atoms with E-state index in [1.807, 2.05) is 30.1 Å². The average Bonchev–Trinajstić information content (AvgIpc) is 2.29. The molecule has 90 valence electrons. The molecule has 1 atom stereocenters.